The van der Waals surface area contributed by atoms with Gasteiger partial charge in [-0.15, -0.1) is 0 Å². The number of carbonyl (C=O) groups is 1. The first-order valence-electron chi connectivity index (χ1n) is 11.3. The van der Waals surface area contributed by atoms with Crippen molar-refractivity contribution in [2.45, 2.75) is 26.7 Å². The summed E-state index contributed by atoms with van der Waals surface area (Å²) in [5.41, 5.74) is 5.41. The quantitative estimate of drug-likeness (QED) is 0.263. The largest absolute Gasteiger partial charge is 0.469 e. The van der Waals surface area contributed by atoms with E-state index in [1.165, 1.54) is 39.6 Å². The number of esters is 1. The van der Waals surface area contributed by atoms with E-state index >= 15 is 0 Å². The maximum Gasteiger partial charge on any atom is 0.311 e. The van der Waals surface area contributed by atoms with E-state index in [9.17, 15) is 9.59 Å². The van der Waals surface area contributed by atoms with Crippen molar-refractivity contribution in [3.63, 3.8) is 0 Å². The maximum atomic E-state index is 13.4. The number of carbonyl (C=O) groups excluding carboxylic acids is 1. The fraction of sp³-hybridized carbons (Fsp3) is 0.231. The van der Waals surface area contributed by atoms with E-state index in [-0.39, 0.29) is 12.0 Å². The van der Waals surface area contributed by atoms with Gasteiger partial charge in [0.05, 0.1) is 35.0 Å². The van der Waals surface area contributed by atoms with Crippen LogP contribution >= 0.6 is 11.3 Å². The second-order valence-electron chi connectivity index (χ2n) is 8.40. The number of rotatable bonds is 7. The van der Waals surface area contributed by atoms with Crippen LogP contribution in [0.15, 0.2) is 58.4 Å². The predicted octanol–water partition coefficient (Wildman–Crippen LogP) is 4.33. The Balaban J connectivity index is 1.47. The van der Waals surface area contributed by atoms with Gasteiger partial charge in [0.2, 0.25) is 5.13 Å². The molecule has 0 radical (unpaired) electrons. The lowest BCUT2D eigenvalue weighted by Crippen LogP contribution is -2.20. The number of nitrogens with zero attached hydrogens (tertiary/aromatic N) is 3. The molecule has 5 aromatic rings. The summed E-state index contributed by atoms with van der Waals surface area (Å²) in [5.74, 6) is -0.439. The van der Waals surface area contributed by atoms with E-state index in [4.69, 9.17) is 9.73 Å². The van der Waals surface area contributed by atoms with Crippen LogP contribution in [-0.2, 0) is 22.4 Å². The molecule has 35 heavy (non-hydrogen) atoms. The number of hydrogen-bond acceptors (Lipinski definition) is 6. The average Bonchev–Trinajstić information content (AvgIpc) is 3.54. The summed E-state index contributed by atoms with van der Waals surface area (Å²) in [6, 6.07) is 14.0. The molecule has 0 atom stereocenters. The van der Waals surface area contributed by atoms with Crippen molar-refractivity contribution >= 4 is 44.1 Å². The van der Waals surface area contributed by atoms with Crippen LogP contribution in [0.25, 0.3) is 26.3 Å². The molecule has 3 heterocycles. The van der Waals surface area contributed by atoms with Crippen LogP contribution in [-0.4, -0.2) is 45.1 Å². The molecule has 0 aliphatic rings. The number of aromatic amines is 2. The maximum absolute atomic E-state index is 13.4. The van der Waals surface area contributed by atoms with Crippen LogP contribution in [0, 0.1) is 6.92 Å². The fourth-order valence-electron chi connectivity index (χ4n) is 4.21. The van der Waals surface area contributed by atoms with Gasteiger partial charge in [0.25, 0.3) is 5.56 Å². The molecule has 2 N–H and O–H groups in total. The van der Waals surface area contributed by atoms with Gasteiger partial charge in [-0.1, -0.05) is 35.1 Å². The molecule has 9 heteroatoms. The topological polar surface area (TPSA) is 105 Å². The van der Waals surface area contributed by atoms with Gasteiger partial charge in [-0.05, 0) is 50.1 Å². The molecule has 0 unspecified atom stereocenters. The number of aliphatic imine (C=N–C) groups is 1. The highest BCUT2D eigenvalue weighted by Gasteiger charge is 2.21. The Morgan fingerprint density at radius 3 is 2.86 bits per heavy atom. The van der Waals surface area contributed by atoms with E-state index in [2.05, 4.69) is 40.2 Å². The molecule has 0 spiro atoms. The van der Waals surface area contributed by atoms with Crippen LogP contribution in [0.1, 0.15) is 29.3 Å². The summed E-state index contributed by atoms with van der Waals surface area (Å²) in [7, 11) is 1.33. The highest BCUT2D eigenvalue weighted by atomic mass is 32.1. The lowest BCUT2D eigenvalue weighted by atomic mass is 10.1. The minimum absolute atomic E-state index is 0.0620. The summed E-state index contributed by atoms with van der Waals surface area (Å²) < 4.78 is 7.21. The third kappa shape index (κ3) is 4.42. The number of ether oxygens (including phenoxy) is 1. The summed E-state index contributed by atoms with van der Waals surface area (Å²) in [6.07, 6.45) is 2.67. The Kier molecular flexibility index (Phi) is 6.08. The van der Waals surface area contributed by atoms with Gasteiger partial charge >= 0.3 is 5.97 Å². The smallest absolute Gasteiger partial charge is 0.311 e. The number of nitrogens with one attached hydrogen (secondary N) is 2. The first kappa shape index (κ1) is 22.8. The summed E-state index contributed by atoms with van der Waals surface area (Å²) in [4.78, 5) is 38.1. The van der Waals surface area contributed by atoms with E-state index in [1.807, 2.05) is 30.5 Å². The van der Waals surface area contributed by atoms with Gasteiger partial charge in [-0.25, -0.2) is 4.98 Å². The number of fused-ring (bicyclic) bond motifs is 2. The Morgan fingerprint density at radius 1 is 1.23 bits per heavy atom. The number of hydrogen-bond donors (Lipinski definition) is 2. The van der Waals surface area contributed by atoms with Crippen molar-refractivity contribution in [3.8, 4) is 5.13 Å². The Morgan fingerprint density at radius 2 is 2.06 bits per heavy atom. The van der Waals surface area contributed by atoms with Crippen LogP contribution in [0.5, 0.6) is 0 Å². The number of thiazole rings is 1. The number of methoxy groups -OCH3 is 1. The number of benzene rings is 2. The zero-order valence-electron chi connectivity index (χ0n) is 19.7. The lowest BCUT2D eigenvalue weighted by molar-refractivity contribution is -0.139. The van der Waals surface area contributed by atoms with Gasteiger partial charge in [0, 0.05) is 29.4 Å². The molecule has 0 amide bonds. The Bertz CT molecular complexity index is 1600. The fourth-order valence-corrected chi connectivity index (χ4v) is 5.14. The monoisotopic (exact) mass is 487 g/mol. The molecule has 5 rings (SSSR count). The van der Waals surface area contributed by atoms with Crippen molar-refractivity contribution in [3.05, 3.63) is 81.4 Å². The third-order valence-electron chi connectivity index (χ3n) is 6.00. The van der Waals surface area contributed by atoms with Gasteiger partial charge in [-0.3, -0.25) is 19.7 Å². The normalized spacial score (nSPS) is 12.0. The van der Waals surface area contributed by atoms with E-state index < -0.39 is 5.97 Å². The second kappa shape index (κ2) is 9.34. The first-order chi connectivity index (χ1) is 16.9. The molecule has 178 valence electrons. The molecule has 0 fully saturated rings. The van der Waals surface area contributed by atoms with Gasteiger partial charge in [0.15, 0.2) is 0 Å². The molecule has 8 nitrogen and oxygen atoms in total. The second-order valence-corrected chi connectivity index (χ2v) is 9.41. The van der Waals surface area contributed by atoms with Crippen molar-refractivity contribution < 1.29 is 9.53 Å². The molecule has 0 aliphatic heterocycles. The minimum Gasteiger partial charge on any atom is -0.469 e. The molecule has 0 aliphatic carbocycles. The summed E-state index contributed by atoms with van der Waals surface area (Å²) in [5, 5.41) is 4.77. The predicted molar refractivity (Wildman–Crippen MR) is 139 cm³/mol. The number of H-pyrrole nitrogens is 2. The minimum atomic E-state index is -0.439. The standard InChI is InChI=1S/C26H25N5O3S/c1-15-8-9-19-18(12-15)17(14-28-19)10-11-27-16(2)24-21(13-23(32)34-3)30-31(25(24)33)26-29-20-6-4-5-7-22(20)35-26/h4-9,12,14,28,30H,10-11,13H2,1-3H3. The molecule has 0 saturated heterocycles. The van der Waals surface area contributed by atoms with Crippen molar-refractivity contribution in [2.75, 3.05) is 13.7 Å². The molecular weight excluding hydrogens is 462 g/mol. The summed E-state index contributed by atoms with van der Waals surface area (Å²) >= 11 is 1.40. The van der Waals surface area contributed by atoms with Crippen LogP contribution < -0.4 is 5.56 Å². The molecule has 3 aromatic heterocycles. The van der Waals surface area contributed by atoms with Gasteiger partial charge in [0.1, 0.15) is 0 Å². The van der Waals surface area contributed by atoms with Crippen LogP contribution in [0.3, 0.4) is 0 Å². The van der Waals surface area contributed by atoms with Gasteiger partial charge < -0.3 is 9.72 Å². The van der Waals surface area contributed by atoms with Crippen molar-refractivity contribution in [2.24, 2.45) is 4.99 Å². The average molecular weight is 488 g/mol. The number of para-hydroxylation sites is 1. The first-order valence-corrected chi connectivity index (χ1v) is 12.1. The van der Waals surface area contributed by atoms with Crippen LogP contribution in [0.2, 0.25) is 0 Å². The molecule has 0 bridgehead atoms. The SMILES string of the molecule is COC(=O)Cc1[nH]n(-c2nc3ccccc3s2)c(=O)c1C(C)=NCCc1c[nH]c2ccc(C)cc12. The van der Waals surface area contributed by atoms with E-state index in [0.717, 1.165) is 22.2 Å². The Labute approximate surface area is 205 Å². The summed E-state index contributed by atoms with van der Waals surface area (Å²) in [6.45, 7) is 4.38. The Hall–Kier alpha value is -3.98. The number of aromatic nitrogens is 4. The van der Waals surface area contributed by atoms with Crippen molar-refractivity contribution in [1.82, 2.24) is 19.7 Å². The molecule has 0 saturated carbocycles. The van der Waals surface area contributed by atoms with E-state index in [1.54, 1.807) is 6.92 Å². The van der Waals surface area contributed by atoms with Crippen LogP contribution in [0.4, 0.5) is 0 Å². The van der Waals surface area contributed by atoms with Gasteiger partial charge in [-0.2, -0.15) is 4.68 Å². The highest BCUT2D eigenvalue weighted by molar-refractivity contribution is 7.20. The van der Waals surface area contributed by atoms with E-state index in [0.29, 0.717) is 28.6 Å². The van der Waals surface area contributed by atoms with Crippen molar-refractivity contribution in [1.29, 1.82) is 0 Å². The zero-order valence-corrected chi connectivity index (χ0v) is 20.5. The third-order valence-corrected chi connectivity index (χ3v) is 7.02. The molecular formula is C26H25N5O3S. The zero-order chi connectivity index (χ0) is 24.5. The lowest BCUT2D eigenvalue weighted by Gasteiger charge is -2.02. The number of aryl methyl sites for hydroxylation is 1. The molecule has 2 aromatic carbocycles. The highest BCUT2D eigenvalue weighted by Crippen LogP contribution is 2.24.